The Bertz CT molecular complexity index is 1160. The van der Waals surface area contributed by atoms with Crippen LogP contribution < -0.4 is 0 Å². The Kier molecular flexibility index (Phi) is 10.1. The molecule has 34 heavy (non-hydrogen) atoms. The highest BCUT2D eigenvalue weighted by molar-refractivity contribution is 8.13. The summed E-state index contributed by atoms with van der Waals surface area (Å²) in [6, 6.07) is 7.94. The Labute approximate surface area is 201 Å². The third kappa shape index (κ3) is 6.80. The molecular formula is C22H19ClF5N3O2S. The van der Waals surface area contributed by atoms with Gasteiger partial charge in [-0.1, -0.05) is 48.1 Å². The van der Waals surface area contributed by atoms with Crippen molar-refractivity contribution in [3.63, 3.8) is 0 Å². The summed E-state index contributed by atoms with van der Waals surface area (Å²) in [5.41, 5.74) is -2.41. The molecule has 0 bridgehead atoms. The minimum Gasteiger partial charge on any atom is -0.355 e. The van der Waals surface area contributed by atoms with Gasteiger partial charge in [-0.05, 0) is 30.9 Å². The number of allylic oxidation sites excluding steroid dienone is 4. The van der Waals surface area contributed by atoms with E-state index in [1.54, 1.807) is 25.1 Å². The fraction of sp³-hybridized carbons (Fsp3) is 0.227. The van der Waals surface area contributed by atoms with Crippen molar-refractivity contribution in [3.05, 3.63) is 77.3 Å². The van der Waals surface area contributed by atoms with Gasteiger partial charge < -0.3 is 4.52 Å². The van der Waals surface area contributed by atoms with E-state index < -0.39 is 34.1 Å². The zero-order valence-corrected chi connectivity index (χ0v) is 19.5. The number of aromatic amines is 1. The van der Waals surface area contributed by atoms with Gasteiger partial charge in [0.25, 0.3) is 0 Å². The molecule has 0 unspecified atom stereocenters. The molecule has 0 radical (unpaired) electrons. The predicted octanol–water partition coefficient (Wildman–Crippen LogP) is 7.30. The number of benzene rings is 1. The molecule has 0 aliphatic heterocycles. The molecule has 3 aromatic rings. The summed E-state index contributed by atoms with van der Waals surface area (Å²) < 4.78 is 70.8. The van der Waals surface area contributed by atoms with Gasteiger partial charge in [0.05, 0.1) is 17.6 Å². The van der Waals surface area contributed by atoms with Gasteiger partial charge in [0, 0.05) is 5.57 Å². The summed E-state index contributed by atoms with van der Waals surface area (Å²) >= 11 is 6.53. The van der Waals surface area contributed by atoms with Gasteiger partial charge in [0.1, 0.15) is 22.9 Å². The van der Waals surface area contributed by atoms with Crippen molar-refractivity contribution in [2.45, 2.75) is 19.5 Å². The summed E-state index contributed by atoms with van der Waals surface area (Å²) in [6.07, 6.45) is 0.754. The maximum atomic E-state index is 14.4. The van der Waals surface area contributed by atoms with Crippen molar-refractivity contribution in [2.24, 2.45) is 0 Å². The van der Waals surface area contributed by atoms with E-state index in [0.29, 0.717) is 6.42 Å². The van der Waals surface area contributed by atoms with Crippen LogP contribution in [0.2, 0.25) is 0 Å². The molecule has 0 amide bonds. The Morgan fingerprint density at radius 3 is 2.44 bits per heavy atom. The highest BCUT2D eigenvalue weighted by Crippen LogP contribution is 2.40. The average molecular weight is 520 g/mol. The fourth-order valence-electron chi connectivity index (χ4n) is 2.62. The van der Waals surface area contributed by atoms with E-state index in [-0.39, 0.29) is 28.5 Å². The molecule has 5 nitrogen and oxygen atoms in total. The Morgan fingerprint density at radius 2 is 1.94 bits per heavy atom. The fourth-order valence-corrected chi connectivity index (χ4v) is 3.27. The summed E-state index contributed by atoms with van der Waals surface area (Å²) in [6.45, 7) is 1.79. The normalized spacial score (nSPS) is 12.4. The second kappa shape index (κ2) is 12.5. The number of carbonyl (C=O) groups excluding carboxylic acids is 1. The Hall–Kier alpha value is -2.92. The first-order valence-electron chi connectivity index (χ1n) is 9.66. The molecule has 0 atom stereocenters. The molecule has 0 aliphatic rings. The lowest BCUT2D eigenvalue weighted by Crippen LogP contribution is -2.08. The summed E-state index contributed by atoms with van der Waals surface area (Å²) in [7, 11) is 0. The number of rotatable bonds is 6. The summed E-state index contributed by atoms with van der Waals surface area (Å²) in [4.78, 5) is 12.4. The van der Waals surface area contributed by atoms with E-state index in [4.69, 9.17) is 16.1 Å². The number of thioether (sulfide) groups is 1. The minimum atomic E-state index is -4.77. The molecule has 2 aromatic heterocycles. The van der Waals surface area contributed by atoms with E-state index in [2.05, 4.69) is 10.3 Å². The largest absolute Gasteiger partial charge is 0.433 e. The number of H-pyrrole nitrogens is 1. The van der Waals surface area contributed by atoms with Gasteiger partial charge in [-0.2, -0.15) is 18.3 Å². The van der Waals surface area contributed by atoms with Gasteiger partial charge in [-0.25, -0.2) is 8.78 Å². The van der Waals surface area contributed by atoms with Crippen LogP contribution in [0.25, 0.3) is 16.9 Å². The van der Waals surface area contributed by atoms with Gasteiger partial charge in [-0.15, -0.1) is 11.6 Å². The van der Waals surface area contributed by atoms with Gasteiger partial charge in [-0.3, -0.25) is 9.89 Å². The topological polar surface area (TPSA) is 71.8 Å². The van der Waals surface area contributed by atoms with Crippen molar-refractivity contribution in [2.75, 3.05) is 12.1 Å². The van der Waals surface area contributed by atoms with Crippen molar-refractivity contribution < 1.29 is 31.3 Å². The molecule has 2 heterocycles. The molecule has 0 aliphatic carbocycles. The maximum Gasteiger partial charge on any atom is 0.433 e. The maximum absolute atomic E-state index is 14.4. The standard InChI is InChI=1S/C16H14ClF4N3O2S.C6H5F/c1-3-4-5-10(18)8(6-17)12-11(15(25)27-2)13(26-24-12)9-7-22-23-14(9)16(19,20)21;7-6-4-2-1-3-5-6/h4-5,7H,3,6H2,1-2H3,(H,22,23);1-5H/b5-4-,10-8-;. The van der Waals surface area contributed by atoms with E-state index in [1.807, 2.05) is 5.10 Å². The van der Waals surface area contributed by atoms with Crippen LogP contribution in [0, 0.1) is 5.82 Å². The molecule has 1 aromatic carbocycles. The zero-order valence-electron chi connectivity index (χ0n) is 17.9. The monoisotopic (exact) mass is 519 g/mol. The number of halogens is 6. The van der Waals surface area contributed by atoms with E-state index in [9.17, 15) is 26.7 Å². The first kappa shape index (κ1) is 27.3. The van der Waals surface area contributed by atoms with Gasteiger partial charge >= 0.3 is 6.18 Å². The van der Waals surface area contributed by atoms with E-state index in [0.717, 1.165) is 24.0 Å². The van der Waals surface area contributed by atoms with Crippen LogP contribution in [-0.2, 0) is 6.18 Å². The lowest BCUT2D eigenvalue weighted by atomic mass is 10.0. The van der Waals surface area contributed by atoms with Crippen molar-refractivity contribution >= 4 is 34.1 Å². The van der Waals surface area contributed by atoms with Crippen LogP contribution in [0.4, 0.5) is 22.0 Å². The number of hydrogen-bond acceptors (Lipinski definition) is 5. The zero-order chi connectivity index (χ0) is 25.3. The van der Waals surface area contributed by atoms with Crippen molar-refractivity contribution in [1.82, 2.24) is 15.4 Å². The molecule has 0 saturated heterocycles. The summed E-state index contributed by atoms with van der Waals surface area (Å²) in [5.74, 6) is -1.76. The van der Waals surface area contributed by atoms with E-state index in [1.165, 1.54) is 24.5 Å². The lowest BCUT2D eigenvalue weighted by molar-refractivity contribution is -0.140. The minimum absolute atomic E-state index is 0.161. The Morgan fingerprint density at radius 1 is 1.26 bits per heavy atom. The number of carbonyl (C=O) groups is 1. The number of aromatic nitrogens is 3. The average Bonchev–Trinajstić information content (AvgIpc) is 3.46. The van der Waals surface area contributed by atoms with Crippen LogP contribution in [0.5, 0.6) is 0 Å². The van der Waals surface area contributed by atoms with Gasteiger partial charge in [0.2, 0.25) is 5.12 Å². The first-order chi connectivity index (χ1) is 16.1. The number of alkyl halides is 4. The lowest BCUT2D eigenvalue weighted by Gasteiger charge is -2.07. The van der Waals surface area contributed by atoms with Crippen molar-refractivity contribution in [1.29, 1.82) is 0 Å². The predicted molar refractivity (Wildman–Crippen MR) is 122 cm³/mol. The number of nitrogens with zero attached hydrogens (tertiary/aromatic N) is 2. The highest BCUT2D eigenvalue weighted by Gasteiger charge is 2.39. The van der Waals surface area contributed by atoms with Crippen LogP contribution >= 0.6 is 23.4 Å². The second-order valence-electron chi connectivity index (χ2n) is 6.45. The number of nitrogens with one attached hydrogen (secondary N) is 1. The molecule has 182 valence electrons. The molecule has 0 saturated carbocycles. The van der Waals surface area contributed by atoms with E-state index >= 15 is 0 Å². The Balaban J connectivity index is 0.000000497. The molecular weight excluding hydrogens is 501 g/mol. The molecule has 3 rings (SSSR count). The number of hydrogen-bond donors (Lipinski definition) is 1. The van der Waals surface area contributed by atoms with Crippen LogP contribution in [0.3, 0.4) is 0 Å². The molecule has 0 fully saturated rings. The van der Waals surface area contributed by atoms with Crippen molar-refractivity contribution in [3.8, 4) is 11.3 Å². The third-order valence-electron chi connectivity index (χ3n) is 4.19. The SMILES string of the molecule is CC/C=C\C(F)=C(/CCl)c1noc(-c2cn[nH]c2C(F)(F)F)c1C(=O)SC.Fc1ccccc1. The molecule has 0 spiro atoms. The highest BCUT2D eigenvalue weighted by atomic mass is 35.5. The van der Waals surface area contributed by atoms with Crippen LogP contribution in [0.1, 0.15) is 35.1 Å². The second-order valence-corrected chi connectivity index (χ2v) is 7.50. The van der Waals surface area contributed by atoms with Crippen LogP contribution in [-0.4, -0.2) is 32.6 Å². The quantitative estimate of drug-likeness (QED) is 0.210. The third-order valence-corrected chi connectivity index (χ3v) is 5.03. The molecule has 1 N–H and O–H groups in total. The molecule has 12 heteroatoms. The van der Waals surface area contributed by atoms with Gasteiger partial charge in [0.15, 0.2) is 11.5 Å². The first-order valence-corrected chi connectivity index (χ1v) is 11.4. The summed E-state index contributed by atoms with van der Waals surface area (Å²) in [5, 5.41) is 8.18. The smallest absolute Gasteiger partial charge is 0.355 e. The van der Waals surface area contributed by atoms with Crippen LogP contribution in [0.15, 0.2) is 59.0 Å².